The quantitative estimate of drug-likeness (QED) is 0.438. The van der Waals surface area contributed by atoms with E-state index in [0.717, 1.165) is 6.42 Å². The average molecular weight is 413 g/mol. The highest BCUT2D eigenvalue weighted by molar-refractivity contribution is 8.01. The lowest BCUT2D eigenvalue weighted by Gasteiger charge is -2.49. The van der Waals surface area contributed by atoms with Gasteiger partial charge in [-0.1, -0.05) is 18.7 Å². The number of fused-ring (bicyclic) bond motifs is 1. The van der Waals surface area contributed by atoms with Crippen molar-refractivity contribution in [3.05, 3.63) is 17.2 Å². The number of aromatic nitrogens is 2. The number of thioether (sulfide) groups is 2. The van der Waals surface area contributed by atoms with E-state index in [1.54, 1.807) is 6.92 Å². The fraction of sp³-hybridized carbons (Fsp3) is 0.533. The van der Waals surface area contributed by atoms with Gasteiger partial charge >= 0.3 is 12.0 Å². The van der Waals surface area contributed by atoms with E-state index in [1.807, 2.05) is 6.92 Å². The van der Waals surface area contributed by atoms with Crippen molar-refractivity contribution in [2.75, 3.05) is 18.1 Å². The van der Waals surface area contributed by atoms with Crippen molar-refractivity contribution in [3.63, 3.8) is 0 Å². The third kappa shape index (κ3) is 4.05. The molecule has 0 aromatic carbocycles. The molecule has 2 aliphatic rings. The minimum absolute atomic E-state index is 0.0282. The first-order valence-corrected chi connectivity index (χ1v) is 10.3. The second-order valence-electron chi connectivity index (χ2n) is 5.92. The topological polar surface area (TPSA) is 138 Å². The SMILES string of the molecule is CCCNC(=O)NC1C(=O)N2C(C(=O)O)=C(CSc3nnc(C)o3)CS[C@@H]12. The molecule has 1 fully saturated rings. The maximum atomic E-state index is 12.5. The highest BCUT2D eigenvalue weighted by Gasteiger charge is 2.54. The lowest BCUT2D eigenvalue weighted by molar-refractivity contribution is -0.148. The third-order valence-electron chi connectivity index (χ3n) is 3.95. The molecule has 1 aromatic heterocycles. The summed E-state index contributed by atoms with van der Waals surface area (Å²) in [6.07, 6.45) is 0.781. The molecular formula is C15H19N5O5S2. The molecule has 2 atom stereocenters. The van der Waals surface area contributed by atoms with Gasteiger partial charge in [-0.15, -0.1) is 22.0 Å². The number of nitrogens with one attached hydrogen (secondary N) is 2. The predicted molar refractivity (Wildman–Crippen MR) is 98.1 cm³/mol. The van der Waals surface area contributed by atoms with E-state index in [1.165, 1.54) is 28.4 Å². The second kappa shape index (κ2) is 8.21. The molecule has 10 nitrogen and oxygen atoms in total. The standard InChI is InChI=1S/C15H19N5O5S2/c1-3-4-16-14(24)17-9-11(21)20-10(13(22)23)8(5-26-12(9)20)6-27-15-19-18-7(2)25-15/h9,12H,3-6H2,1-2H3,(H,22,23)(H2,16,17,24)/t9?,12-/m0/s1. The molecule has 3 amide bonds. The monoisotopic (exact) mass is 413 g/mol. The Bertz CT molecular complexity index is 795. The summed E-state index contributed by atoms with van der Waals surface area (Å²) < 4.78 is 5.28. The van der Waals surface area contributed by atoms with Gasteiger partial charge in [0.15, 0.2) is 0 Å². The summed E-state index contributed by atoms with van der Waals surface area (Å²) in [6.45, 7) is 4.10. The Morgan fingerprint density at radius 3 is 2.85 bits per heavy atom. The number of hydrogen-bond acceptors (Lipinski definition) is 8. The van der Waals surface area contributed by atoms with E-state index in [0.29, 0.717) is 34.7 Å². The zero-order chi connectivity index (χ0) is 19.6. The van der Waals surface area contributed by atoms with Gasteiger partial charge in [-0.05, 0) is 12.0 Å². The van der Waals surface area contributed by atoms with Gasteiger partial charge in [-0.2, -0.15) is 0 Å². The maximum Gasteiger partial charge on any atom is 0.352 e. The number of rotatable bonds is 7. The summed E-state index contributed by atoms with van der Waals surface area (Å²) in [5.41, 5.74) is 0.575. The van der Waals surface area contributed by atoms with E-state index < -0.39 is 29.3 Å². The van der Waals surface area contributed by atoms with E-state index >= 15 is 0 Å². The van der Waals surface area contributed by atoms with Crippen LogP contribution in [0.4, 0.5) is 4.79 Å². The fourth-order valence-corrected chi connectivity index (χ4v) is 5.00. The minimum Gasteiger partial charge on any atom is -0.477 e. The van der Waals surface area contributed by atoms with Crippen LogP contribution in [0.15, 0.2) is 20.9 Å². The number of aryl methyl sites for hydroxylation is 1. The first-order chi connectivity index (χ1) is 12.9. The predicted octanol–water partition coefficient (Wildman–Crippen LogP) is 0.802. The van der Waals surface area contributed by atoms with E-state index in [4.69, 9.17) is 4.42 Å². The summed E-state index contributed by atoms with van der Waals surface area (Å²) in [7, 11) is 0. The van der Waals surface area contributed by atoms with Crippen LogP contribution in [-0.4, -0.2) is 67.6 Å². The van der Waals surface area contributed by atoms with Gasteiger partial charge in [0, 0.05) is 25.0 Å². The summed E-state index contributed by atoms with van der Waals surface area (Å²) in [4.78, 5) is 37.3. The van der Waals surface area contributed by atoms with Crippen LogP contribution < -0.4 is 10.6 Å². The molecule has 0 bridgehead atoms. The number of carboxylic acids is 1. The highest BCUT2D eigenvalue weighted by atomic mass is 32.2. The molecule has 3 N–H and O–H groups in total. The molecular weight excluding hydrogens is 394 g/mol. The first kappa shape index (κ1) is 19.5. The van der Waals surface area contributed by atoms with Crippen LogP contribution >= 0.6 is 23.5 Å². The molecule has 0 spiro atoms. The summed E-state index contributed by atoms with van der Waals surface area (Å²) in [5.74, 6) is -0.407. The molecule has 1 unspecified atom stereocenters. The third-order valence-corrected chi connectivity index (χ3v) is 6.19. The van der Waals surface area contributed by atoms with Crippen molar-refractivity contribution in [1.82, 2.24) is 25.7 Å². The zero-order valence-corrected chi connectivity index (χ0v) is 16.4. The van der Waals surface area contributed by atoms with E-state index in [-0.39, 0.29) is 5.70 Å². The Morgan fingerprint density at radius 1 is 1.44 bits per heavy atom. The van der Waals surface area contributed by atoms with Crippen LogP contribution in [-0.2, 0) is 9.59 Å². The van der Waals surface area contributed by atoms with Gasteiger partial charge in [0.25, 0.3) is 11.1 Å². The van der Waals surface area contributed by atoms with Crippen LogP contribution in [0.1, 0.15) is 19.2 Å². The highest BCUT2D eigenvalue weighted by Crippen LogP contribution is 2.41. The van der Waals surface area contributed by atoms with Gasteiger partial charge in [-0.3, -0.25) is 9.69 Å². The number of urea groups is 1. The normalized spacial score (nSPS) is 21.6. The molecule has 27 heavy (non-hydrogen) atoms. The smallest absolute Gasteiger partial charge is 0.352 e. The average Bonchev–Trinajstić information content (AvgIpc) is 3.06. The van der Waals surface area contributed by atoms with Crippen LogP contribution in [0, 0.1) is 6.92 Å². The van der Waals surface area contributed by atoms with Crippen LogP contribution in [0.25, 0.3) is 0 Å². The Labute approximate surface area is 163 Å². The fourth-order valence-electron chi connectivity index (χ4n) is 2.71. The molecule has 0 saturated carbocycles. The lowest BCUT2D eigenvalue weighted by Crippen LogP contribution is -2.71. The number of aliphatic carboxylic acids is 1. The number of carbonyl (C=O) groups is 3. The number of carboxylic acid groups (broad SMARTS) is 1. The van der Waals surface area contributed by atoms with Crippen molar-refractivity contribution in [1.29, 1.82) is 0 Å². The first-order valence-electron chi connectivity index (χ1n) is 8.29. The molecule has 1 aromatic rings. The Balaban J connectivity index is 1.69. The molecule has 1 saturated heterocycles. The van der Waals surface area contributed by atoms with Crippen LogP contribution in [0.2, 0.25) is 0 Å². The number of hydrogen-bond donors (Lipinski definition) is 3. The van der Waals surface area contributed by atoms with Gasteiger partial charge in [-0.25, -0.2) is 9.59 Å². The molecule has 12 heteroatoms. The largest absolute Gasteiger partial charge is 0.477 e. The molecule has 146 valence electrons. The van der Waals surface area contributed by atoms with Crippen molar-refractivity contribution >= 4 is 41.4 Å². The number of carbonyl (C=O) groups excluding carboxylic acids is 2. The molecule has 3 rings (SSSR count). The van der Waals surface area contributed by atoms with Gasteiger partial charge in [0.1, 0.15) is 17.1 Å². The van der Waals surface area contributed by atoms with Gasteiger partial charge in [0.2, 0.25) is 5.89 Å². The number of nitrogens with zero attached hydrogens (tertiary/aromatic N) is 3. The molecule has 0 aliphatic carbocycles. The lowest BCUT2D eigenvalue weighted by atomic mass is 10.0. The number of amides is 3. The van der Waals surface area contributed by atoms with Crippen molar-refractivity contribution in [3.8, 4) is 0 Å². The van der Waals surface area contributed by atoms with E-state index in [9.17, 15) is 19.5 Å². The van der Waals surface area contributed by atoms with Crippen LogP contribution in [0.3, 0.4) is 0 Å². The summed E-state index contributed by atoms with van der Waals surface area (Å²) in [5, 5.41) is 22.4. The minimum atomic E-state index is -1.17. The molecule has 3 heterocycles. The van der Waals surface area contributed by atoms with Crippen molar-refractivity contribution in [2.45, 2.75) is 36.9 Å². The zero-order valence-electron chi connectivity index (χ0n) is 14.7. The Morgan fingerprint density at radius 2 is 2.22 bits per heavy atom. The van der Waals surface area contributed by atoms with Crippen molar-refractivity contribution < 1.29 is 23.9 Å². The van der Waals surface area contributed by atoms with Gasteiger partial charge < -0.3 is 20.2 Å². The summed E-state index contributed by atoms with van der Waals surface area (Å²) in [6, 6.07) is -1.15. The second-order valence-corrected chi connectivity index (χ2v) is 7.95. The number of β-lactam (4-membered cyclic amide) rings is 1. The molecule has 2 aliphatic heterocycles. The van der Waals surface area contributed by atoms with Crippen molar-refractivity contribution in [2.24, 2.45) is 0 Å². The summed E-state index contributed by atoms with van der Waals surface area (Å²) >= 11 is 2.65. The maximum absolute atomic E-state index is 12.5. The Kier molecular flexibility index (Phi) is 5.95. The van der Waals surface area contributed by atoms with Gasteiger partial charge in [0.05, 0.1) is 0 Å². The Hall–Kier alpha value is -2.21. The molecule has 0 radical (unpaired) electrons. The van der Waals surface area contributed by atoms with Crippen LogP contribution in [0.5, 0.6) is 0 Å². The van der Waals surface area contributed by atoms with E-state index in [2.05, 4.69) is 20.8 Å².